The molecule has 1 heterocycles. The second-order valence-corrected chi connectivity index (χ2v) is 12.3. The summed E-state index contributed by atoms with van der Waals surface area (Å²) >= 11 is 0. The Balaban J connectivity index is 1.64. The number of halogens is 3. The summed E-state index contributed by atoms with van der Waals surface area (Å²) in [5.74, 6) is -8.51. The maximum atomic E-state index is 13.3. The minimum atomic E-state index is -5.39. The Hall–Kier alpha value is -2.04. The molecule has 7 unspecified atom stereocenters. The summed E-state index contributed by atoms with van der Waals surface area (Å²) < 4.78 is 111. The Bertz CT molecular complexity index is 1350. The van der Waals surface area contributed by atoms with Crippen LogP contribution < -0.4 is 10.9 Å². The fourth-order valence-corrected chi connectivity index (χ4v) is 8.07. The highest BCUT2D eigenvalue weighted by atomic mass is 32.2. The van der Waals surface area contributed by atoms with E-state index in [2.05, 4.69) is 4.74 Å². The number of alkyl halides is 3. The summed E-state index contributed by atoms with van der Waals surface area (Å²) in [5, 5.41) is -1.59. The number of carbonyl (C=O) groups excluding carboxylic acids is 2. The fraction of sp³-hybridized carbons (Fsp3) is 0.579. The van der Waals surface area contributed by atoms with E-state index in [0.29, 0.717) is 0 Å². The summed E-state index contributed by atoms with van der Waals surface area (Å²) in [6, 6.07) is 2.57. The molecule has 2 aliphatic carbocycles. The molecule has 18 heteroatoms. The number of benzene rings is 1. The van der Waals surface area contributed by atoms with Gasteiger partial charge in [-0.3, -0.25) is 13.5 Å². The maximum absolute atomic E-state index is 13.3. The van der Waals surface area contributed by atoms with Crippen molar-refractivity contribution in [3.8, 4) is 0 Å². The van der Waals surface area contributed by atoms with Gasteiger partial charge in [0.15, 0.2) is 0 Å². The zero-order valence-electron chi connectivity index (χ0n) is 18.6. The molecule has 3 fully saturated rings. The van der Waals surface area contributed by atoms with Crippen molar-refractivity contribution in [2.24, 2.45) is 17.8 Å². The van der Waals surface area contributed by atoms with Crippen LogP contribution in [0.3, 0.4) is 0 Å². The van der Waals surface area contributed by atoms with Crippen LogP contribution in [0, 0.1) is 17.8 Å². The number of hydrogen-bond acceptors (Lipinski definition) is 9. The predicted molar refractivity (Wildman–Crippen MR) is 121 cm³/mol. The van der Waals surface area contributed by atoms with Crippen molar-refractivity contribution in [2.75, 3.05) is 5.75 Å². The first-order valence-electron chi connectivity index (χ1n) is 10.7. The quantitative estimate of drug-likeness (QED) is 0.176. The van der Waals surface area contributed by atoms with Gasteiger partial charge >= 0.3 is 18.1 Å². The van der Waals surface area contributed by atoms with E-state index in [9.17, 15) is 39.6 Å². The van der Waals surface area contributed by atoms with Crippen LogP contribution in [0.5, 0.6) is 0 Å². The number of hydrogen-bond donors (Lipinski definition) is 1. The Morgan fingerprint density at radius 1 is 1.22 bits per heavy atom. The molecule has 1 saturated heterocycles. The highest BCUT2D eigenvalue weighted by molar-refractivity contribution is 7.87. The second kappa shape index (κ2) is 9.31. The molecule has 1 aromatic carbocycles. The lowest BCUT2D eigenvalue weighted by molar-refractivity contribution is -0.218. The van der Waals surface area contributed by atoms with Crippen LogP contribution in [0.15, 0.2) is 12.1 Å². The molecule has 7 atom stereocenters. The molecule has 37 heavy (non-hydrogen) atoms. The number of ether oxygens (including phenoxy) is 2. The molecule has 1 N–H and O–H groups in total. The van der Waals surface area contributed by atoms with Crippen molar-refractivity contribution >= 4 is 66.6 Å². The third kappa shape index (κ3) is 5.17. The van der Waals surface area contributed by atoms with Crippen molar-refractivity contribution in [2.45, 2.75) is 42.5 Å². The van der Waals surface area contributed by atoms with E-state index in [-0.39, 0.29) is 34.8 Å². The molecular weight excluding hydrogens is 542 g/mol. The summed E-state index contributed by atoms with van der Waals surface area (Å²) in [6.07, 6.45) is -11.5. The molecule has 1 aromatic rings. The predicted octanol–water partition coefficient (Wildman–Crippen LogP) is -1.81. The molecule has 6 radical (unpaired) electrons. The topological polar surface area (TPSA) is 150 Å². The first kappa shape index (κ1) is 28.0. The normalized spacial score (nSPS) is 30.7. The monoisotopic (exact) mass is 558 g/mol. The Kier molecular flexibility index (Phi) is 7.04. The molecule has 0 amide bonds. The Morgan fingerprint density at radius 3 is 2.43 bits per heavy atom. The van der Waals surface area contributed by atoms with Gasteiger partial charge in [-0.2, -0.15) is 30.0 Å². The molecule has 10 nitrogen and oxygen atoms in total. The van der Waals surface area contributed by atoms with Crippen LogP contribution in [-0.4, -0.2) is 92.4 Å². The van der Waals surface area contributed by atoms with Crippen LogP contribution >= 0.6 is 0 Å². The van der Waals surface area contributed by atoms with Crippen molar-refractivity contribution in [3.63, 3.8) is 0 Å². The highest BCUT2D eigenvalue weighted by Crippen LogP contribution is 2.59. The van der Waals surface area contributed by atoms with Crippen molar-refractivity contribution in [1.29, 1.82) is 0 Å². The number of esters is 2. The lowest BCUT2D eigenvalue weighted by Crippen LogP contribution is -2.48. The molecule has 1 aliphatic heterocycles. The summed E-state index contributed by atoms with van der Waals surface area (Å²) in [7, 11) is 7.48. The standard InChI is InChI=1S/C19H16B3F3O10S2/c20-4-10-7(1-6(21)2-11(10)22)17(26)34-14-8-3-9-15(14)35-37(31,32)16(9)13(8)18(27)33-12(19(23,24)25)5-36(28,29)30/h1-2,8-9,12-16H,3-5H2,(H,28,29,30). The minimum Gasteiger partial charge on any atom is -0.456 e. The van der Waals surface area contributed by atoms with E-state index in [4.69, 9.17) is 37.0 Å². The maximum Gasteiger partial charge on any atom is 0.426 e. The molecule has 0 aromatic heterocycles. The largest absolute Gasteiger partial charge is 0.456 e. The number of rotatable bonds is 7. The number of fused-ring (bicyclic) bond motifs is 1. The average Bonchev–Trinajstić information content (AvgIpc) is 3.33. The summed E-state index contributed by atoms with van der Waals surface area (Å²) in [5.41, 5.74) is 0.215. The van der Waals surface area contributed by atoms with E-state index in [1.54, 1.807) is 0 Å². The van der Waals surface area contributed by atoms with E-state index in [0.717, 1.165) is 0 Å². The molecule has 3 aliphatic rings. The van der Waals surface area contributed by atoms with Crippen molar-refractivity contribution in [3.05, 3.63) is 23.3 Å². The van der Waals surface area contributed by atoms with Gasteiger partial charge in [-0.1, -0.05) is 29.4 Å². The zero-order valence-corrected chi connectivity index (χ0v) is 20.3. The third-order valence-corrected chi connectivity index (χ3v) is 9.28. The van der Waals surface area contributed by atoms with E-state index in [1.807, 2.05) is 0 Å². The average molecular weight is 558 g/mol. The van der Waals surface area contributed by atoms with Gasteiger partial charge in [0.1, 0.15) is 38.9 Å². The second-order valence-electron chi connectivity index (χ2n) is 9.03. The van der Waals surface area contributed by atoms with Crippen LogP contribution in [0.2, 0.25) is 0 Å². The highest BCUT2D eigenvalue weighted by Gasteiger charge is 2.72. The zero-order chi connectivity index (χ0) is 27.7. The minimum absolute atomic E-state index is 0.0654. The third-order valence-electron chi connectivity index (χ3n) is 6.76. The Labute approximate surface area is 213 Å². The molecule has 4 rings (SSSR count). The molecular formula is C19H16B3F3O10S2. The van der Waals surface area contributed by atoms with Crippen molar-refractivity contribution in [1.82, 2.24) is 0 Å². The van der Waals surface area contributed by atoms with Gasteiger partial charge in [0, 0.05) is 11.8 Å². The molecule has 0 spiro atoms. The first-order chi connectivity index (χ1) is 16.9. The lowest BCUT2D eigenvalue weighted by Gasteiger charge is -2.31. The molecule has 2 saturated carbocycles. The van der Waals surface area contributed by atoms with Gasteiger partial charge in [0.2, 0.25) is 6.10 Å². The fourth-order valence-electron chi connectivity index (χ4n) is 5.37. The summed E-state index contributed by atoms with van der Waals surface area (Å²) in [4.78, 5) is 25.8. The van der Waals surface area contributed by atoms with Crippen LogP contribution in [0.25, 0.3) is 0 Å². The van der Waals surface area contributed by atoms with Crippen molar-refractivity contribution < 1.29 is 57.8 Å². The van der Waals surface area contributed by atoms with E-state index in [1.165, 1.54) is 12.1 Å². The smallest absolute Gasteiger partial charge is 0.426 e. The molecule has 194 valence electrons. The number of carbonyl (C=O) groups is 2. The van der Waals surface area contributed by atoms with Crippen LogP contribution in [0.1, 0.15) is 22.3 Å². The lowest BCUT2D eigenvalue weighted by atomic mass is 9.77. The van der Waals surface area contributed by atoms with Gasteiger partial charge in [-0.05, 0) is 12.0 Å². The van der Waals surface area contributed by atoms with Gasteiger partial charge < -0.3 is 9.47 Å². The van der Waals surface area contributed by atoms with Crippen LogP contribution in [-0.2, 0) is 45.0 Å². The van der Waals surface area contributed by atoms with E-state index >= 15 is 0 Å². The van der Waals surface area contributed by atoms with Gasteiger partial charge in [-0.15, -0.1) is 0 Å². The van der Waals surface area contributed by atoms with Gasteiger partial charge in [0.05, 0.1) is 19.3 Å². The summed E-state index contributed by atoms with van der Waals surface area (Å²) in [6.45, 7) is 0. The van der Waals surface area contributed by atoms with Gasteiger partial charge in [0.25, 0.3) is 20.2 Å². The van der Waals surface area contributed by atoms with Gasteiger partial charge in [-0.25, -0.2) is 4.79 Å². The van der Waals surface area contributed by atoms with E-state index < -0.39 is 85.4 Å². The van der Waals surface area contributed by atoms with Crippen LogP contribution in [0.4, 0.5) is 13.2 Å². The Morgan fingerprint density at radius 2 is 1.86 bits per heavy atom. The first-order valence-corrected chi connectivity index (χ1v) is 13.8. The SMILES string of the molecule is [B]Cc1c([B])cc([B])cc1C(=O)OC1C2CC3C1OS(=O)(=O)C3C2C(=O)OC(CS(=O)(=O)O)C(F)(F)F. The molecule has 2 bridgehead atoms.